The van der Waals surface area contributed by atoms with E-state index in [1.807, 2.05) is 49.4 Å². The van der Waals surface area contributed by atoms with E-state index in [0.29, 0.717) is 12.4 Å². The van der Waals surface area contributed by atoms with Gasteiger partial charge in [-0.25, -0.2) is 9.59 Å². The molecule has 1 unspecified atom stereocenters. The van der Waals surface area contributed by atoms with Gasteiger partial charge in [0.25, 0.3) is 0 Å². The maximum absolute atomic E-state index is 12.5. The van der Waals surface area contributed by atoms with E-state index in [1.165, 1.54) is 0 Å². The van der Waals surface area contributed by atoms with E-state index < -0.39 is 18.1 Å². The smallest absolute Gasteiger partial charge is 0.407 e. The predicted octanol–water partition coefficient (Wildman–Crippen LogP) is 4.62. The molecular weight excluding hydrogens is 406 g/mol. The summed E-state index contributed by atoms with van der Waals surface area (Å²) in [5, 5.41) is 12.1. The number of rotatable bonds is 8. The third-order valence-electron chi connectivity index (χ3n) is 5.58. The highest BCUT2D eigenvalue weighted by Crippen LogP contribution is 2.44. The number of benzene rings is 3. The van der Waals surface area contributed by atoms with Gasteiger partial charge in [0.05, 0.1) is 6.61 Å². The van der Waals surface area contributed by atoms with Crippen molar-refractivity contribution in [1.82, 2.24) is 5.32 Å². The van der Waals surface area contributed by atoms with Crippen LogP contribution in [-0.2, 0) is 16.0 Å². The number of carbonyl (C=O) groups is 2. The first kappa shape index (κ1) is 21.4. The van der Waals surface area contributed by atoms with Crippen molar-refractivity contribution in [2.45, 2.75) is 25.3 Å². The first-order chi connectivity index (χ1) is 15.6. The molecule has 6 nitrogen and oxygen atoms in total. The predicted molar refractivity (Wildman–Crippen MR) is 121 cm³/mol. The van der Waals surface area contributed by atoms with Crippen LogP contribution in [0.2, 0.25) is 0 Å². The van der Waals surface area contributed by atoms with Crippen LogP contribution < -0.4 is 10.1 Å². The van der Waals surface area contributed by atoms with Crippen LogP contribution in [0.4, 0.5) is 4.79 Å². The molecule has 1 amide bonds. The minimum absolute atomic E-state index is 0.0840. The highest BCUT2D eigenvalue weighted by atomic mass is 16.5. The van der Waals surface area contributed by atoms with E-state index in [1.54, 1.807) is 18.2 Å². The van der Waals surface area contributed by atoms with E-state index in [9.17, 15) is 14.7 Å². The lowest BCUT2D eigenvalue weighted by Crippen LogP contribution is -2.42. The number of carboxylic acids is 1. The maximum atomic E-state index is 12.5. The Balaban J connectivity index is 1.41. The topological polar surface area (TPSA) is 84.9 Å². The van der Waals surface area contributed by atoms with Gasteiger partial charge in [-0.05, 0) is 46.9 Å². The minimum atomic E-state index is -1.12. The van der Waals surface area contributed by atoms with Crippen LogP contribution in [0, 0.1) is 0 Å². The number of amides is 1. The molecule has 3 aromatic carbocycles. The molecule has 2 N–H and O–H groups in total. The van der Waals surface area contributed by atoms with Gasteiger partial charge in [-0.15, -0.1) is 0 Å². The largest absolute Gasteiger partial charge is 0.494 e. The van der Waals surface area contributed by atoms with Crippen LogP contribution in [0.5, 0.6) is 5.75 Å². The lowest BCUT2D eigenvalue weighted by molar-refractivity contribution is -0.139. The fourth-order valence-electron chi connectivity index (χ4n) is 4.15. The van der Waals surface area contributed by atoms with Crippen molar-refractivity contribution in [2.24, 2.45) is 0 Å². The summed E-state index contributed by atoms with van der Waals surface area (Å²) in [5.41, 5.74) is 5.22. The van der Waals surface area contributed by atoms with Crippen LogP contribution in [0.25, 0.3) is 11.1 Å². The Morgan fingerprint density at radius 3 is 2.25 bits per heavy atom. The number of carbonyl (C=O) groups excluding carboxylic acids is 1. The van der Waals surface area contributed by atoms with Crippen LogP contribution >= 0.6 is 0 Å². The summed E-state index contributed by atoms with van der Waals surface area (Å²) in [6.07, 6.45) is -0.624. The van der Waals surface area contributed by atoms with E-state index in [2.05, 4.69) is 17.4 Å². The Morgan fingerprint density at radius 2 is 1.62 bits per heavy atom. The fraction of sp³-hybridized carbons (Fsp3) is 0.231. The summed E-state index contributed by atoms with van der Waals surface area (Å²) in [4.78, 5) is 24.2. The van der Waals surface area contributed by atoms with Crippen molar-refractivity contribution in [1.29, 1.82) is 0 Å². The van der Waals surface area contributed by atoms with Gasteiger partial charge in [0.1, 0.15) is 18.4 Å². The molecule has 0 saturated heterocycles. The molecule has 0 bridgehead atoms. The standard InChI is InChI=1S/C26H25NO5/c1-2-31-18-9-7-8-17(14-18)15-24(25(28)29)27-26(30)32-16-23-21-12-5-3-10-19(21)20-11-4-6-13-22(20)23/h3-14,23-24H,2,15-16H2,1H3,(H,27,30)(H,28,29). The second-order valence-corrected chi connectivity index (χ2v) is 7.65. The number of alkyl carbamates (subject to hydrolysis) is 1. The molecule has 0 fully saturated rings. The van der Waals surface area contributed by atoms with Crippen LogP contribution in [0.1, 0.15) is 29.5 Å². The highest BCUT2D eigenvalue weighted by molar-refractivity contribution is 5.81. The van der Waals surface area contributed by atoms with Gasteiger partial charge in [-0.1, -0.05) is 60.7 Å². The number of aliphatic carboxylic acids is 1. The summed E-state index contributed by atoms with van der Waals surface area (Å²) in [6.45, 7) is 2.53. The Bertz CT molecular complexity index is 1080. The monoisotopic (exact) mass is 431 g/mol. The molecule has 0 saturated carbocycles. The zero-order chi connectivity index (χ0) is 22.5. The Hall–Kier alpha value is -3.80. The molecule has 0 radical (unpaired) electrons. The first-order valence-corrected chi connectivity index (χ1v) is 10.6. The minimum Gasteiger partial charge on any atom is -0.494 e. The van der Waals surface area contributed by atoms with Crippen LogP contribution in [-0.4, -0.2) is 36.4 Å². The molecular formula is C26H25NO5. The number of ether oxygens (including phenoxy) is 2. The number of fused-ring (bicyclic) bond motifs is 3. The second kappa shape index (κ2) is 9.56. The van der Waals surface area contributed by atoms with Crippen LogP contribution in [0.15, 0.2) is 72.8 Å². The summed E-state index contributed by atoms with van der Waals surface area (Å²) in [5.74, 6) is -0.546. The normalized spacial score (nSPS) is 13.0. The Morgan fingerprint density at radius 1 is 0.969 bits per heavy atom. The molecule has 0 aromatic heterocycles. The molecule has 4 rings (SSSR count). The van der Waals surface area contributed by atoms with Crippen molar-refractivity contribution in [3.8, 4) is 16.9 Å². The molecule has 1 aliphatic carbocycles. The van der Waals surface area contributed by atoms with Gasteiger partial charge in [-0.2, -0.15) is 0 Å². The molecule has 1 aliphatic rings. The van der Waals surface area contributed by atoms with Crippen LogP contribution in [0.3, 0.4) is 0 Å². The molecule has 0 spiro atoms. The highest BCUT2D eigenvalue weighted by Gasteiger charge is 2.29. The quantitative estimate of drug-likeness (QED) is 0.544. The fourth-order valence-corrected chi connectivity index (χ4v) is 4.15. The lowest BCUT2D eigenvalue weighted by Gasteiger charge is -2.18. The van der Waals surface area contributed by atoms with Gasteiger partial charge in [0.15, 0.2) is 0 Å². The molecule has 6 heteroatoms. The average Bonchev–Trinajstić information content (AvgIpc) is 3.11. The molecule has 164 valence electrons. The van der Waals surface area contributed by atoms with Crippen molar-refractivity contribution in [3.63, 3.8) is 0 Å². The number of carboxylic acid groups (broad SMARTS) is 1. The Labute approximate surface area is 186 Å². The second-order valence-electron chi connectivity index (χ2n) is 7.65. The average molecular weight is 431 g/mol. The number of hydrogen-bond donors (Lipinski definition) is 2. The first-order valence-electron chi connectivity index (χ1n) is 10.6. The van der Waals surface area contributed by atoms with Crippen molar-refractivity contribution in [3.05, 3.63) is 89.5 Å². The summed E-state index contributed by atoms with van der Waals surface area (Å²) < 4.78 is 10.9. The maximum Gasteiger partial charge on any atom is 0.407 e. The van der Waals surface area contributed by atoms with Gasteiger partial charge < -0.3 is 19.9 Å². The lowest BCUT2D eigenvalue weighted by atomic mass is 9.98. The zero-order valence-electron chi connectivity index (χ0n) is 17.8. The molecule has 3 aromatic rings. The van der Waals surface area contributed by atoms with Crippen molar-refractivity contribution >= 4 is 12.1 Å². The summed E-state index contributed by atoms with van der Waals surface area (Å²) >= 11 is 0. The van der Waals surface area contributed by atoms with E-state index in [0.717, 1.165) is 27.8 Å². The molecule has 32 heavy (non-hydrogen) atoms. The SMILES string of the molecule is CCOc1cccc(CC(NC(=O)OCC2c3ccccc3-c3ccccc32)C(=O)O)c1. The number of hydrogen-bond acceptors (Lipinski definition) is 4. The van der Waals surface area contributed by atoms with Crippen molar-refractivity contribution in [2.75, 3.05) is 13.2 Å². The third kappa shape index (κ3) is 4.59. The van der Waals surface area contributed by atoms with Gasteiger partial charge in [0.2, 0.25) is 0 Å². The number of nitrogens with one attached hydrogen (secondary N) is 1. The summed E-state index contributed by atoms with van der Waals surface area (Å²) in [7, 11) is 0. The summed E-state index contributed by atoms with van der Waals surface area (Å²) in [6, 6.07) is 22.2. The van der Waals surface area contributed by atoms with Crippen molar-refractivity contribution < 1.29 is 24.2 Å². The van der Waals surface area contributed by atoms with Gasteiger partial charge in [-0.3, -0.25) is 0 Å². The molecule has 0 heterocycles. The zero-order valence-corrected chi connectivity index (χ0v) is 17.8. The third-order valence-corrected chi connectivity index (χ3v) is 5.58. The van der Waals surface area contributed by atoms with E-state index in [-0.39, 0.29) is 18.9 Å². The Kier molecular flexibility index (Phi) is 6.40. The molecule has 1 atom stereocenters. The van der Waals surface area contributed by atoms with Gasteiger partial charge >= 0.3 is 12.1 Å². The van der Waals surface area contributed by atoms with E-state index in [4.69, 9.17) is 9.47 Å². The van der Waals surface area contributed by atoms with E-state index >= 15 is 0 Å². The molecule has 0 aliphatic heterocycles. The van der Waals surface area contributed by atoms with Gasteiger partial charge in [0, 0.05) is 12.3 Å².